The average molecular weight is 954 g/mol. The fourth-order valence-corrected chi connectivity index (χ4v) is 9.85. The van der Waals surface area contributed by atoms with Gasteiger partial charge in [-0.1, -0.05) is 77.8 Å². The number of amides is 1. The Kier molecular flexibility index (Phi) is 13.4. The molecule has 0 saturated heterocycles. The molecule has 0 fully saturated rings. The van der Waals surface area contributed by atoms with E-state index in [-0.39, 0.29) is 31.8 Å². The molecule has 6 aromatic rings. The van der Waals surface area contributed by atoms with E-state index in [1.54, 1.807) is 48.5 Å². The van der Waals surface area contributed by atoms with Gasteiger partial charge in [0.05, 0.1) is 28.1 Å². The fourth-order valence-electron chi connectivity index (χ4n) is 7.82. The van der Waals surface area contributed by atoms with Crippen LogP contribution in [0.25, 0.3) is 11.1 Å². The van der Waals surface area contributed by atoms with Crippen molar-refractivity contribution in [2.45, 2.75) is 49.1 Å². The van der Waals surface area contributed by atoms with Gasteiger partial charge in [-0.3, -0.25) is 14.9 Å². The Morgan fingerprint density at radius 3 is 2.18 bits per heavy atom. The topological polar surface area (TPSA) is 196 Å². The third-order valence-corrected chi connectivity index (χ3v) is 14.1. The Labute approximate surface area is 390 Å². The van der Waals surface area contributed by atoms with Gasteiger partial charge in [0.25, 0.3) is 15.7 Å². The molecular formula is C48H42Cl2N4O11S. The third kappa shape index (κ3) is 9.86. The maximum Gasteiger partial charge on any atom is 0.326 e. The molecule has 1 amide bonds. The van der Waals surface area contributed by atoms with Crippen molar-refractivity contribution in [2.24, 2.45) is 0 Å². The minimum Gasteiger partial charge on any atom is -0.497 e. The van der Waals surface area contributed by atoms with E-state index >= 15 is 0 Å². The standard InChI is InChI=1S/C48H42Cl2N4O11S/c1-51-35-12-8-31(9-13-35)30-6-3-28(4-7-30)20-40(48(56)57)52-47(55)42-21-33-22-43-44(23-34(33)25-53(42)66(60,61)46-18-16-37(62-2)24-41(46)54(58)59)65-45(27-64-43)32-10-14-36(15-11-32)63-26-29-5-17-38(49)39(50)19-29/h3-19,22-24,40,42,45,51H,20-21,25-27H2,1-2H3,(H,52,55)(H,56,57)/t40-,42-,45+/m0/s1. The molecule has 0 radical (unpaired) electrons. The van der Waals surface area contributed by atoms with Crippen LogP contribution in [0.4, 0.5) is 11.4 Å². The highest BCUT2D eigenvalue weighted by Gasteiger charge is 2.44. The molecule has 0 spiro atoms. The first-order valence-electron chi connectivity index (χ1n) is 20.6. The van der Waals surface area contributed by atoms with Crippen LogP contribution in [0.3, 0.4) is 0 Å². The van der Waals surface area contributed by atoms with Crippen LogP contribution in [0.1, 0.15) is 33.9 Å². The summed E-state index contributed by atoms with van der Waals surface area (Å²) in [5, 5.41) is 29.1. The molecule has 2 heterocycles. The summed E-state index contributed by atoms with van der Waals surface area (Å²) in [5.41, 5.74) is 5.25. The number of hydrogen-bond donors (Lipinski definition) is 3. The number of nitrogens with one attached hydrogen (secondary N) is 2. The van der Waals surface area contributed by atoms with Crippen LogP contribution < -0.4 is 29.6 Å². The predicted molar refractivity (Wildman–Crippen MR) is 247 cm³/mol. The van der Waals surface area contributed by atoms with Crippen LogP contribution in [0.15, 0.2) is 126 Å². The zero-order valence-corrected chi connectivity index (χ0v) is 37.7. The van der Waals surface area contributed by atoms with Gasteiger partial charge in [-0.25, -0.2) is 13.2 Å². The number of hydrogen-bond acceptors (Lipinski definition) is 11. The number of carboxylic acid groups (broad SMARTS) is 1. The zero-order chi connectivity index (χ0) is 46.7. The van der Waals surface area contributed by atoms with Gasteiger partial charge in [0, 0.05) is 25.7 Å². The van der Waals surface area contributed by atoms with Crippen LogP contribution in [0, 0.1) is 10.1 Å². The molecule has 3 N–H and O–H groups in total. The maximum atomic E-state index is 14.6. The first-order valence-corrected chi connectivity index (χ1v) is 22.8. The molecule has 66 heavy (non-hydrogen) atoms. The number of benzene rings is 6. The first kappa shape index (κ1) is 45.7. The molecule has 0 unspecified atom stereocenters. The Morgan fingerprint density at radius 1 is 0.864 bits per heavy atom. The summed E-state index contributed by atoms with van der Waals surface area (Å²) < 4.78 is 53.8. The molecule has 0 bridgehead atoms. The van der Waals surface area contributed by atoms with Crippen molar-refractivity contribution in [1.29, 1.82) is 0 Å². The molecule has 0 aliphatic carbocycles. The fraction of sp³-hybridized carbons (Fsp3) is 0.208. The average Bonchev–Trinajstić information content (AvgIpc) is 3.33. The van der Waals surface area contributed by atoms with Crippen LogP contribution in [-0.4, -0.2) is 67.5 Å². The van der Waals surface area contributed by atoms with E-state index in [1.807, 2.05) is 61.6 Å². The van der Waals surface area contributed by atoms with Crippen molar-refractivity contribution in [3.63, 3.8) is 0 Å². The van der Waals surface area contributed by atoms with Gasteiger partial charge < -0.3 is 34.7 Å². The minimum absolute atomic E-state index is 0.0479. The van der Waals surface area contributed by atoms with Crippen molar-refractivity contribution in [3.05, 3.63) is 169 Å². The lowest BCUT2D eigenvalue weighted by Gasteiger charge is -2.36. The van der Waals surface area contributed by atoms with E-state index < -0.39 is 62.1 Å². The third-order valence-electron chi connectivity index (χ3n) is 11.4. The van der Waals surface area contributed by atoms with Crippen molar-refractivity contribution in [1.82, 2.24) is 9.62 Å². The van der Waals surface area contributed by atoms with Gasteiger partial charge in [0.2, 0.25) is 5.91 Å². The van der Waals surface area contributed by atoms with Crippen LogP contribution >= 0.6 is 23.2 Å². The molecule has 3 atom stereocenters. The summed E-state index contributed by atoms with van der Waals surface area (Å²) in [6.07, 6.45) is -0.895. The minimum atomic E-state index is -4.83. The summed E-state index contributed by atoms with van der Waals surface area (Å²) in [7, 11) is -1.72. The molecule has 6 aromatic carbocycles. The normalized spacial score (nSPS) is 16.1. The van der Waals surface area contributed by atoms with E-state index in [9.17, 15) is 33.2 Å². The van der Waals surface area contributed by atoms with Crippen molar-refractivity contribution < 1.29 is 47.0 Å². The molecule has 2 aliphatic heterocycles. The molecule has 0 aromatic heterocycles. The number of nitro benzene ring substituents is 1. The summed E-state index contributed by atoms with van der Waals surface area (Å²) in [6.45, 7) is -0.0221. The summed E-state index contributed by atoms with van der Waals surface area (Å²) in [6, 6.07) is 31.1. The van der Waals surface area contributed by atoms with Crippen LogP contribution in [-0.2, 0) is 45.6 Å². The number of rotatable bonds is 15. The van der Waals surface area contributed by atoms with Gasteiger partial charge in [0.1, 0.15) is 36.8 Å². The van der Waals surface area contributed by atoms with Crippen molar-refractivity contribution >= 4 is 56.5 Å². The second-order valence-corrected chi connectivity index (χ2v) is 18.3. The Bertz CT molecular complexity index is 2920. The second-order valence-electron chi connectivity index (χ2n) is 15.6. The molecule has 0 saturated carbocycles. The second kappa shape index (κ2) is 19.3. The molecule has 8 rings (SSSR count). The molecule has 2 aliphatic rings. The number of carbonyl (C=O) groups excluding carboxylic acids is 1. The van der Waals surface area contributed by atoms with Gasteiger partial charge in [-0.05, 0) is 106 Å². The number of anilines is 1. The number of carboxylic acids is 1. The zero-order valence-electron chi connectivity index (χ0n) is 35.4. The van der Waals surface area contributed by atoms with Gasteiger partial charge >= 0.3 is 5.97 Å². The highest BCUT2D eigenvalue weighted by molar-refractivity contribution is 7.89. The lowest BCUT2D eigenvalue weighted by atomic mass is 9.94. The lowest BCUT2D eigenvalue weighted by molar-refractivity contribution is -0.387. The Hall–Kier alpha value is -6.85. The largest absolute Gasteiger partial charge is 0.497 e. The highest BCUT2D eigenvalue weighted by Crippen LogP contribution is 2.43. The summed E-state index contributed by atoms with van der Waals surface area (Å²) in [4.78, 5) is 37.8. The smallest absolute Gasteiger partial charge is 0.326 e. The molecule has 15 nitrogen and oxygen atoms in total. The van der Waals surface area contributed by atoms with Gasteiger partial charge in [-0.15, -0.1) is 0 Å². The molecular weight excluding hydrogens is 912 g/mol. The van der Waals surface area contributed by atoms with Crippen LogP contribution in [0.2, 0.25) is 10.0 Å². The Balaban J connectivity index is 1.04. The Morgan fingerprint density at radius 2 is 1.53 bits per heavy atom. The number of nitrogens with zero attached hydrogens (tertiary/aromatic N) is 2. The van der Waals surface area contributed by atoms with Gasteiger partial charge in [0.15, 0.2) is 22.5 Å². The van der Waals surface area contributed by atoms with Crippen molar-refractivity contribution in [2.75, 3.05) is 26.1 Å². The van der Waals surface area contributed by atoms with Crippen molar-refractivity contribution in [3.8, 4) is 34.1 Å². The van der Waals surface area contributed by atoms with E-state index in [0.717, 1.165) is 44.4 Å². The predicted octanol–water partition coefficient (Wildman–Crippen LogP) is 8.64. The van der Waals surface area contributed by atoms with E-state index in [0.29, 0.717) is 44.0 Å². The lowest BCUT2D eigenvalue weighted by Crippen LogP contribution is -2.55. The summed E-state index contributed by atoms with van der Waals surface area (Å²) >= 11 is 12.2. The highest BCUT2D eigenvalue weighted by atomic mass is 35.5. The van der Waals surface area contributed by atoms with E-state index in [2.05, 4.69) is 10.6 Å². The number of nitro groups is 1. The maximum absolute atomic E-state index is 14.6. The van der Waals surface area contributed by atoms with E-state index in [1.165, 1.54) is 13.2 Å². The quantitative estimate of drug-likeness (QED) is 0.0656. The number of carbonyl (C=O) groups is 2. The van der Waals surface area contributed by atoms with E-state index in [4.69, 9.17) is 42.1 Å². The number of fused-ring (bicyclic) bond motifs is 2. The SMILES string of the molecule is CNc1ccc(-c2ccc(C[C@H](NC(=O)[C@@H]3Cc4cc5c(cc4CN3S(=O)(=O)c3ccc(OC)cc3[N+](=O)[O-])O[C@@H](c3ccc(OCc4ccc(Cl)c(Cl)c4)cc3)CO5)C(=O)O)cc2)cc1. The number of sulfonamides is 1. The number of ether oxygens (including phenoxy) is 4. The van der Waals surface area contributed by atoms with Crippen LogP contribution in [0.5, 0.6) is 23.0 Å². The molecule has 340 valence electrons. The number of methoxy groups -OCH3 is 1. The number of halogens is 2. The monoisotopic (exact) mass is 952 g/mol. The number of aliphatic carboxylic acids is 1. The first-order chi connectivity index (χ1) is 31.7. The molecule has 18 heteroatoms. The summed E-state index contributed by atoms with van der Waals surface area (Å²) in [5.74, 6) is -0.930. The van der Waals surface area contributed by atoms with Gasteiger partial charge in [-0.2, -0.15) is 4.31 Å².